The number of nitrogens with zero attached hydrogens (tertiary/aromatic N) is 1. The van der Waals surface area contributed by atoms with Crippen molar-refractivity contribution >= 4 is 44.9 Å². The lowest BCUT2D eigenvalue weighted by atomic mass is 10.2. The molecule has 0 saturated heterocycles. The molecule has 150 valence electrons. The molecular formula is C17H15ClF2N2O5S. The van der Waals surface area contributed by atoms with Gasteiger partial charge in [0.2, 0.25) is 15.9 Å². The Morgan fingerprint density at radius 1 is 1.18 bits per heavy atom. The van der Waals surface area contributed by atoms with Crippen molar-refractivity contribution in [2.75, 3.05) is 29.5 Å². The molecule has 11 heteroatoms. The average molecular weight is 433 g/mol. The Hall–Kier alpha value is -2.72. The highest BCUT2D eigenvalue weighted by atomic mass is 35.5. The van der Waals surface area contributed by atoms with Gasteiger partial charge in [-0.3, -0.25) is 9.10 Å². The van der Waals surface area contributed by atoms with E-state index in [2.05, 4.69) is 10.1 Å². The smallest absolute Gasteiger partial charge is 0.339 e. The number of hydrogen-bond donors (Lipinski definition) is 1. The normalized spacial score (nSPS) is 11.0. The van der Waals surface area contributed by atoms with Gasteiger partial charge in [-0.1, -0.05) is 11.6 Å². The van der Waals surface area contributed by atoms with Crippen molar-refractivity contribution in [3.05, 3.63) is 58.6 Å². The second-order valence-electron chi connectivity index (χ2n) is 5.60. The number of methoxy groups -OCH3 is 1. The van der Waals surface area contributed by atoms with Gasteiger partial charge >= 0.3 is 5.97 Å². The number of ether oxygens (including phenoxy) is 1. The van der Waals surface area contributed by atoms with E-state index in [1.807, 2.05) is 0 Å². The van der Waals surface area contributed by atoms with Gasteiger partial charge in [0.05, 0.1) is 29.6 Å². The number of nitrogens with one attached hydrogen (secondary N) is 1. The fourth-order valence-corrected chi connectivity index (χ4v) is 3.32. The number of carbonyl (C=O) groups excluding carboxylic acids is 2. The van der Waals surface area contributed by atoms with Gasteiger partial charge in [-0.2, -0.15) is 0 Å². The molecule has 2 aromatic carbocycles. The van der Waals surface area contributed by atoms with Crippen LogP contribution in [0.1, 0.15) is 10.4 Å². The standard InChI is InChI=1S/C17H15ClF2N2O5S/c1-27-17(24)12-8-11(4-5-13(12)18)21-16(23)9-22(28(2,25)26)15-6-3-10(19)7-14(15)20/h3-8H,9H2,1-2H3,(H,21,23). The van der Waals surface area contributed by atoms with Gasteiger partial charge in [-0.25, -0.2) is 22.0 Å². The molecule has 0 heterocycles. The molecule has 0 aliphatic carbocycles. The van der Waals surface area contributed by atoms with Crippen molar-refractivity contribution < 1.29 is 31.5 Å². The Bertz CT molecular complexity index is 1030. The number of hydrogen-bond acceptors (Lipinski definition) is 5. The van der Waals surface area contributed by atoms with E-state index in [0.717, 1.165) is 25.5 Å². The quantitative estimate of drug-likeness (QED) is 0.708. The number of anilines is 2. The van der Waals surface area contributed by atoms with Crippen LogP contribution in [-0.4, -0.2) is 40.2 Å². The maximum atomic E-state index is 14.0. The molecule has 0 radical (unpaired) electrons. The summed E-state index contributed by atoms with van der Waals surface area (Å²) in [4.78, 5) is 23.9. The maximum Gasteiger partial charge on any atom is 0.339 e. The summed E-state index contributed by atoms with van der Waals surface area (Å²) in [6, 6.07) is 6.27. The molecule has 0 unspecified atom stereocenters. The second-order valence-corrected chi connectivity index (χ2v) is 7.91. The predicted molar refractivity (Wildman–Crippen MR) is 100.0 cm³/mol. The summed E-state index contributed by atoms with van der Waals surface area (Å²) in [5.74, 6) is -3.59. The molecule has 28 heavy (non-hydrogen) atoms. The third-order valence-corrected chi connectivity index (χ3v) is 4.98. The van der Waals surface area contributed by atoms with Crippen molar-refractivity contribution in [2.24, 2.45) is 0 Å². The van der Waals surface area contributed by atoms with Crippen molar-refractivity contribution in [3.63, 3.8) is 0 Å². The molecular weight excluding hydrogens is 418 g/mol. The Morgan fingerprint density at radius 2 is 1.86 bits per heavy atom. The molecule has 0 aliphatic rings. The van der Waals surface area contributed by atoms with Crippen molar-refractivity contribution in [1.29, 1.82) is 0 Å². The number of amides is 1. The van der Waals surface area contributed by atoms with Crippen molar-refractivity contribution in [1.82, 2.24) is 0 Å². The van der Waals surface area contributed by atoms with Crippen molar-refractivity contribution in [2.45, 2.75) is 0 Å². The van der Waals surface area contributed by atoms with E-state index in [9.17, 15) is 26.8 Å². The predicted octanol–water partition coefficient (Wildman–Crippen LogP) is 2.81. The molecule has 0 fully saturated rings. The first-order chi connectivity index (χ1) is 13.0. The summed E-state index contributed by atoms with van der Waals surface area (Å²) in [6.45, 7) is -0.780. The van der Waals surface area contributed by atoms with Gasteiger partial charge in [0.15, 0.2) is 0 Å². The van der Waals surface area contributed by atoms with Gasteiger partial charge in [-0.05, 0) is 30.3 Å². The molecule has 2 rings (SSSR count). The van der Waals surface area contributed by atoms with Crippen LogP contribution in [0, 0.1) is 11.6 Å². The lowest BCUT2D eigenvalue weighted by Crippen LogP contribution is -2.38. The van der Waals surface area contributed by atoms with Crippen LogP contribution in [0.25, 0.3) is 0 Å². The topological polar surface area (TPSA) is 92.8 Å². The first kappa shape index (κ1) is 21.6. The van der Waals surface area contributed by atoms with E-state index < -0.39 is 45.8 Å². The van der Waals surface area contributed by atoms with E-state index in [1.54, 1.807) is 0 Å². The number of halogens is 3. The average Bonchev–Trinajstić information content (AvgIpc) is 2.60. The fraction of sp³-hybridized carbons (Fsp3) is 0.176. The summed E-state index contributed by atoms with van der Waals surface area (Å²) in [5.41, 5.74) is -0.347. The van der Waals surface area contributed by atoms with Gasteiger partial charge in [-0.15, -0.1) is 0 Å². The van der Waals surface area contributed by atoms with Crippen LogP contribution in [0.15, 0.2) is 36.4 Å². The minimum atomic E-state index is -4.06. The number of sulfonamides is 1. The van der Waals surface area contributed by atoms with Crippen LogP contribution >= 0.6 is 11.6 Å². The van der Waals surface area contributed by atoms with Gasteiger partial charge in [0, 0.05) is 11.8 Å². The van der Waals surface area contributed by atoms with E-state index in [4.69, 9.17) is 11.6 Å². The Labute approximate surface area is 164 Å². The SMILES string of the molecule is COC(=O)c1cc(NC(=O)CN(c2ccc(F)cc2F)S(C)(=O)=O)ccc1Cl. The highest BCUT2D eigenvalue weighted by Crippen LogP contribution is 2.24. The highest BCUT2D eigenvalue weighted by Gasteiger charge is 2.24. The third kappa shape index (κ3) is 5.17. The van der Waals surface area contributed by atoms with E-state index in [0.29, 0.717) is 10.4 Å². The molecule has 0 aromatic heterocycles. The second kappa shape index (κ2) is 8.53. The first-order valence-corrected chi connectivity index (χ1v) is 9.86. The molecule has 0 atom stereocenters. The zero-order valence-electron chi connectivity index (χ0n) is 14.7. The van der Waals surface area contributed by atoms with Crippen molar-refractivity contribution in [3.8, 4) is 0 Å². The third-order valence-electron chi connectivity index (χ3n) is 3.52. The van der Waals surface area contributed by atoms with Crippen LogP contribution in [-0.2, 0) is 19.6 Å². The van der Waals surface area contributed by atoms with Crippen LogP contribution < -0.4 is 9.62 Å². The van der Waals surface area contributed by atoms with E-state index >= 15 is 0 Å². The highest BCUT2D eigenvalue weighted by molar-refractivity contribution is 7.92. The summed E-state index contributed by atoms with van der Waals surface area (Å²) in [6.07, 6.45) is 0.778. The minimum Gasteiger partial charge on any atom is -0.465 e. The van der Waals surface area contributed by atoms with Crippen LogP contribution in [0.3, 0.4) is 0 Å². The van der Waals surface area contributed by atoms with E-state index in [1.165, 1.54) is 18.2 Å². The summed E-state index contributed by atoms with van der Waals surface area (Å²) in [5, 5.41) is 2.48. The number of esters is 1. The molecule has 7 nitrogen and oxygen atoms in total. The maximum absolute atomic E-state index is 14.0. The Kier molecular flexibility index (Phi) is 6.57. The van der Waals surface area contributed by atoms with Crippen LogP contribution in [0.4, 0.5) is 20.2 Å². The van der Waals surface area contributed by atoms with Crippen LogP contribution in [0.2, 0.25) is 5.02 Å². The molecule has 0 aliphatic heterocycles. The zero-order valence-corrected chi connectivity index (χ0v) is 16.3. The van der Waals surface area contributed by atoms with Gasteiger partial charge in [0.1, 0.15) is 18.2 Å². The largest absolute Gasteiger partial charge is 0.465 e. The molecule has 0 saturated carbocycles. The zero-order chi connectivity index (χ0) is 21.1. The lowest BCUT2D eigenvalue weighted by Gasteiger charge is -2.22. The lowest BCUT2D eigenvalue weighted by molar-refractivity contribution is -0.114. The van der Waals surface area contributed by atoms with Gasteiger partial charge in [0.25, 0.3) is 0 Å². The molecule has 2 aromatic rings. The molecule has 1 N–H and O–H groups in total. The summed E-state index contributed by atoms with van der Waals surface area (Å²) >= 11 is 5.89. The molecule has 1 amide bonds. The minimum absolute atomic E-state index is 0.00786. The number of carbonyl (C=O) groups is 2. The first-order valence-electron chi connectivity index (χ1n) is 7.63. The number of rotatable bonds is 6. The number of benzene rings is 2. The molecule has 0 spiro atoms. The summed E-state index contributed by atoms with van der Waals surface area (Å²) in [7, 11) is -2.90. The fourth-order valence-electron chi connectivity index (χ4n) is 2.26. The summed E-state index contributed by atoms with van der Waals surface area (Å²) < 4.78 is 56.1. The monoisotopic (exact) mass is 432 g/mol. The Morgan fingerprint density at radius 3 is 2.43 bits per heavy atom. The van der Waals surface area contributed by atoms with E-state index in [-0.39, 0.29) is 16.3 Å². The molecule has 0 bridgehead atoms. The Balaban J connectivity index is 2.27. The van der Waals surface area contributed by atoms with Gasteiger partial charge < -0.3 is 10.1 Å². The van der Waals surface area contributed by atoms with Crippen LogP contribution in [0.5, 0.6) is 0 Å².